The van der Waals surface area contributed by atoms with Gasteiger partial charge in [0.25, 0.3) is 0 Å². The second-order valence-electron chi connectivity index (χ2n) is 12.6. The topological polar surface area (TPSA) is 20.2 Å². The predicted octanol–water partition coefficient (Wildman–Crippen LogP) is 7.84. The molecule has 2 heteroatoms. The average Bonchev–Trinajstić information content (AvgIpc) is 3.02. The Morgan fingerprint density at radius 3 is 2.21 bits per heavy atom. The summed E-state index contributed by atoms with van der Waals surface area (Å²) in [6.07, 6.45) is 15.1. The molecule has 0 saturated heterocycles. The molecule has 0 bridgehead atoms. The van der Waals surface area contributed by atoms with Crippen molar-refractivity contribution in [1.82, 2.24) is 0 Å². The molecule has 0 radical (unpaired) electrons. The fourth-order valence-electron chi connectivity index (χ4n) is 9.29. The lowest BCUT2D eigenvalue weighted by Crippen LogP contribution is -2.57. The van der Waals surface area contributed by atoms with E-state index in [0.717, 1.165) is 41.9 Å². The summed E-state index contributed by atoms with van der Waals surface area (Å²) in [5.74, 6) is 6.24. The molecule has 1 N–H and O–H groups in total. The summed E-state index contributed by atoms with van der Waals surface area (Å²) in [7, 11) is 0. The van der Waals surface area contributed by atoms with Crippen LogP contribution in [0.15, 0.2) is 0 Å². The Bertz CT molecular complexity index is 575. The van der Waals surface area contributed by atoms with Crippen molar-refractivity contribution in [2.24, 2.45) is 52.3 Å². The van der Waals surface area contributed by atoms with Crippen LogP contribution in [0.1, 0.15) is 105 Å². The number of aliphatic hydroxyl groups is 1. The minimum Gasteiger partial charge on any atom is -0.392 e. The molecular weight excluding hydrogens is 420 g/mol. The number of halogens is 1. The molecule has 29 heavy (non-hydrogen) atoms. The van der Waals surface area contributed by atoms with Crippen LogP contribution in [0.25, 0.3) is 0 Å². The standard InChI is InChI=1S/C27H47BrO/c1-17(2)7-6-8-18(3)20-11-12-21-19-9-10-23-25(28)24(29)14-16-27(23,5)22(19)13-15-26(20,21)4/h17-25,29H,6-16H2,1-5H3/t18-,19+,20-,21+,22+,23+,24+,25+,26-,27-/m1/s1. The number of hydrogen-bond donors (Lipinski definition) is 1. The van der Waals surface area contributed by atoms with Gasteiger partial charge in [0.15, 0.2) is 0 Å². The van der Waals surface area contributed by atoms with Crippen LogP contribution < -0.4 is 0 Å². The Hall–Kier alpha value is 0.440. The molecule has 4 aliphatic rings. The van der Waals surface area contributed by atoms with Crippen molar-refractivity contribution in [1.29, 1.82) is 0 Å². The molecule has 0 aromatic rings. The second kappa shape index (κ2) is 8.42. The summed E-state index contributed by atoms with van der Waals surface area (Å²) in [4.78, 5) is 0.327. The predicted molar refractivity (Wildman–Crippen MR) is 127 cm³/mol. The number of hydrogen-bond acceptors (Lipinski definition) is 1. The Balaban J connectivity index is 1.48. The van der Waals surface area contributed by atoms with E-state index in [2.05, 4.69) is 50.5 Å². The van der Waals surface area contributed by atoms with E-state index >= 15 is 0 Å². The van der Waals surface area contributed by atoms with Gasteiger partial charge in [0.1, 0.15) is 0 Å². The number of rotatable bonds is 5. The first-order valence-electron chi connectivity index (χ1n) is 13.0. The van der Waals surface area contributed by atoms with Gasteiger partial charge in [-0.2, -0.15) is 0 Å². The first-order valence-corrected chi connectivity index (χ1v) is 13.9. The van der Waals surface area contributed by atoms with Gasteiger partial charge in [-0.15, -0.1) is 0 Å². The van der Waals surface area contributed by atoms with Gasteiger partial charge in [-0.1, -0.05) is 69.8 Å². The summed E-state index contributed by atoms with van der Waals surface area (Å²) in [6.45, 7) is 12.6. The molecule has 0 amide bonds. The summed E-state index contributed by atoms with van der Waals surface area (Å²) < 4.78 is 0. The van der Waals surface area contributed by atoms with E-state index in [-0.39, 0.29) is 6.10 Å². The Kier molecular flexibility index (Phi) is 6.57. The minimum absolute atomic E-state index is 0.124. The third-order valence-corrected chi connectivity index (χ3v) is 12.1. The van der Waals surface area contributed by atoms with Crippen molar-refractivity contribution >= 4 is 15.9 Å². The van der Waals surface area contributed by atoms with Crippen molar-refractivity contribution in [3.05, 3.63) is 0 Å². The van der Waals surface area contributed by atoms with Crippen molar-refractivity contribution in [3.63, 3.8) is 0 Å². The fraction of sp³-hybridized carbons (Fsp3) is 1.00. The van der Waals surface area contributed by atoms with E-state index in [1.54, 1.807) is 0 Å². The lowest BCUT2D eigenvalue weighted by atomic mass is 9.44. The van der Waals surface area contributed by atoms with Gasteiger partial charge in [-0.25, -0.2) is 0 Å². The monoisotopic (exact) mass is 466 g/mol. The quantitative estimate of drug-likeness (QED) is 0.408. The van der Waals surface area contributed by atoms with Gasteiger partial charge in [0.05, 0.1) is 6.10 Å². The third-order valence-electron chi connectivity index (χ3n) is 10.9. The molecule has 0 spiro atoms. The molecular formula is C27H47BrO. The third kappa shape index (κ3) is 3.79. The van der Waals surface area contributed by atoms with Crippen LogP contribution in [-0.2, 0) is 0 Å². The van der Waals surface area contributed by atoms with Crippen LogP contribution in [0.4, 0.5) is 0 Å². The summed E-state index contributed by atoms with van der Waals surface area (Å²) in [5, 5.41) is 10.5. The maximum atomic E-state index is 10.5. The van der Waals surface area contributed by atoms with Gasteiger partial charge in [-0.05, 0) is 104 Å². The van der Waals surface area contributed by atoms with Gasteiger partial charge in [0.2, 0.25) is 0 Å². The molecule has 0 aliphatic heterocycles. The average molecular weight is 468 g/mol. The Labute approximate surface area is 189 Å². The summed E-state index contributed by atoms with van der Waals surface area (Å²) in [5.41, 5.74) is 1.06. The van der Waals surface area contributed by atoms with Crippen molar-refractivity contribution < 1.29 is 5.11 Å². The SMILES string of the molecule is CC(C)CCC[C@@H](C)[C@H]1CC[C@H]2[C@@H]3CC[C@H]4[C@H](Br)[C@@H](O)CC[C@]4(C)[C@H]3CC[C@]12C. The summed E-state index contributed by atoms with van der Waals surface area (Å²) in [6, 6.07) is 0. The molecule has 4 fully saturated rings. The molecule has 1 nitrogen and oxygen atoms in total. The van der Waals surface area contributed by atoms with E-state index in [4.69, 9.17) is 0 Å². The highest BCUT2D eigenvalue weighted by atomic mass is 79.9. The number of aliphatic hydroxyl groups excluding tert-OH is 1. The van der Waals surface area contributed by atoms with Crippen LogP contribution in [-0.4, -0.2) is 16.0 Å². The lowest BCUT2D eigenvalue weighted by molar-refractivity contribution is -0.125. The molecule has 10 atom stereocenters. The molecule has 4 rings (SSSR count). The maximum absolute atomic E-state index is 10.5. The first kappa shape index (κ1) is 22.6. The maximum Gasteiger partial charge on any atom is 0.0668 e. The van der Waals surface area contributed by atoms with Crippen LogP contribution in [0.3, 0.4) is 0 Å². The van der Waals surface area contributed by atoms with Gasteiger partial charge in [0, 0.05) is 4.83 Å². The van der Waals surface area contributed by atoms with E-state index in [1.807, 2.05) is 0 Å². The van der Waals surface area contributed by atoms with Crippen molar-refractivity contribution in [2.75, 3.05) is 0 Å². The zero-order valence-electron chi connectivity index (χ0n) is 19.8. The Morgan fingerprint density at radius 2 is 1.48 bits per heavy atom. The van der Waals surface area contributed by atoms with Crippen LogP contribution in [0.2, 0.25) is 0 Å². The highest BCUT2D eigenvalue weighted by Crippen LogP contribution is 2.68. The molecule has 4 aliphatic carbocycles. The lowest BCUT2D eigenvalue weighted by Gasteiger charge is -2.62. The van der Waals surface area contributed by atoms with Gasteiger partial charge < -0.3 is 5.11 Å². The summed E-state index contributed by atoms with van der Waals surface area (Å²) >= 11 is 3.93. The van der Waals surface area contributed by atoms with Gasteiger partial charge >= 0.3 is 0 Å². The van der Waals surface area contributed by atoms with E-state index in [9.17, 15) is 5.11 Å². The highest BCUT2D eigenvalue weighted by molar-refractivity contribution is 9.09. The molecule has 0 heterocycles. The number of fused-ring (bicyclic) bond motifs is 5. The molecule has 0 aromatic carbocycles. The molecule has 0 unspecified atom stereocenters. The first-order chi connectivity index (χ1) is 13.7. The zero-order chi connectivity index (χ0) is 21.0. The van der Waals surface area contributed by atoms with E-state index in [1.165, 1.54) is 64.2 Å². The highest BCUT2D eigenvalue weighted by Gasteiger charge is 2.61. The van der Waals surface area contributed by atoms with Crippen molar-refractivity contribution in [3.8, 4) is 0 Å². The van der Waals surface area contributed by atoms with Crippen LogP contribution in [0, 0.1) is 52.3 Å². The smallest absolute Gasteiger partial charge is 0.0668 e. The zero-order valence-corrected chi connectivity index (χ0v) is 21.4. The van der Waals surface area contributed by atoms with E-state index < -0.39 is 0 Å². The second-order valence-corrected chi connectivity index (χ2v) is 13.7. The van der Waals surface area contributed by atoms with Crippen LogP contribution in [0.5, 0.6) is 0 Å². The normalized spacial score (nSPS) is 50.7. The molecule has 168 valence electrons. The van der Waals surface area contributed by atoms with Crippen molar-refractivity contribution in [2.45, 2.75) is 116 Å². The fourth-order valence-corrected chi connectivity index (χ4v) is 10.4. The van der Waals surface area contributed by atoms with E-state index in [0.29, 0.717) is 21.6 Å². The molecule has 4 saturated carbocycles. The molecule has 0 aromatic heterocycles. The van der Waals surface area contributed by atoms with Gasteiger partial charge in [-0.3, -0.25) is 0 Å². The minimum atomic E-state index is -0.124. The largest absolute Gasteiger partial charge is 0.392 e. The number of alkyl halides is 1. The Morgan fingerprint density at radius 1 is 0.828 bits per heavy atom. The van der Waals surface area contributed by atoms with Crippen LogP contribution >= 0.6 is 15.9 Å².